The van der Waals surface area contributed by atoms with Crippen molar-refractivity contribution in [3.05, 3.63) is 34.2 Å². The number of nitrogens with zero attached hydrogens (tertiary/aromatic N) is 3. The minimum Gasteiger partial charge on any atom is -0.316 e. The second-order valence-corrected chi connectivity index (χ2v) is 7.18. The van der Waals surface area contributed by atoms with Gasteiger partial charge in [0.05, 0.1) is 16.1 Å². The number of aliphatic imine (C=N–C) groups is 1. The number of benzene rings is 1. The molecule has 32 heavy (non-hydrogen) atoms. The van der Waals surface area contributed by atoms with Crippen LogP contribution in [0.1, 0.15) is 18.5 Å². The van der Waals surface area contributed by atoms with Crippen molar-refractivity contribution in [3.63, 3.8) is 0 Å². The van der Waals surface area contributed by atoms with Gasteiger partial charge in [-0.2, -0.15) is 13.2 Å². The first kappa shape index (κ1) is 25.4. The molecule has 4 N–H and O–H groups in total. The van der Waals surface area contributed by atoms with Gasteiger partial charge in [0, 0.05) is 6.54 Å². The van der Waals surface area contributed by atoms with Crippen LogP contribution in [0.5, 0.6) is 0 Å². The van der Waals surface area contributed by atoms with Crippen LogP contribution in [-0.2, 0) is 9.59 Å². The Morgan fingerprint density at radius 2 is 2.09 bits per heavy atom. The van der Waals surface area contributed by atoms with Gasteiger partial charge >= 0.3 is 6.18 Å². The second-order valence-electron chi connectivity index (χ2n) is 6.32. The van der Waals surface area contributed by atoms with Gasteiger partial charge in [-0.05, 0) is 63.8 Å². The van der Waals surface area contributed by atoms with Gasteiger partial charge in [-0.15, -0.1) is 0 Å². The van der Waals surface area contributed by atoms with Gasteiger partial charge in [0.25, 0.3) is 0 Å². The lowest BCUT2D eigenvalue weighted by molar-refractivity contribution is -0.156. The Labute approximate surface area is 186 Å². The molecular formula is C17H17BrF4N6O4. The molecule has 0 saturated carbocycles. The number of piperidine rings is 1. The van der Waals surface area contributed by atoms with Gasteiger partial charge in [-0.3, -0.25) is 20.3 Å². The quantitative estimate of drug-likeness (QED) is 0.157. The Kier molecular flexibility index (Phi) is 9.22. The SMILES string of the molecule is O=C(Nc1nonc1C(=Nc1ccc(F)c(Br)c1)NO)C1CCCNC1.O=CC(F)(F)F. The molecule has 2 aromatic rings. The van der Waals surface area contributed by atoms with Crippen LogP contribution in [0.25, 0.3) is 0 Å². The van der Waals surface area contributed by atoms with Crippen molar-refractivity contribution in [2.75, 3.05) is 18.4 Å². The molecule has 1 fully saturated rings. The van der Waals surface area contributed by atoms with Crippen LogP contribution in [0.4, 0.5) is 29.1 Å². The summed E-state index contributed by atoms with van der Waals surface area (Å²) in [6, 6.07) is 4.06. The Hall–Kier alpha value is -2.91. The molecule has 1 saturated heterocycles. The molecule has 1 amide bonds. The van der Waals surface area contributed by atoms with Crippen LogP contribution in [0.15, 0.2) is 32.3 Å². The molecule has 1 aromatic carbocycles. The van der Waals surface area contributed by atoms with Crippen molar-refractivity contribution < 1.29 is 37.0 Å². The third-order valence-electron chi connectivity index (χ3n) is 4.01. The number of hydrogen-bond donors (Lipinski definition) is 4. The number of carbonyl (C=O) groups excluding carboxylic acids is 2. The van der Waals surface area contributed by atoms with Crippen LogP contribution in [0.2, 0.25) is 0 Å². The molecule has 15 heteroatoms. The first-order valence-corrected chi connectivity index (χ1v) is 9.75. The molecule has 1 aliphatic heterocycles. The number of aromatic nitrogens is 2. The Morgan fingerprint density at radius 1 is 1.38 bits per heavy atom. The molecule has 174 valence electrons. The highest BCUT2D eigenvalue weighted by atomic mass is 79.9. The number of aldehydes is 1. The zero-order valence-electron chi connectivity index (χ0n) is 16.1. The van der Waals surface area contributed by atoms with Gasteiger partial charge in [0.15, 0.2) is 11.5 Å². The van der Waals surface area contributed by atoms with E-state index in [1.807, 2.05) is 5.48 Å². The number of anilines is 1. The molecule has 10 nitrogen and oxygen atoms in total. The van der Waals surface area contributed by atoms with E-state index in [2.05, 4.69) is 46.5 Å². The van der Waals surface area contributed by atoms with Gasteiger partial charge in [0.2, 0.25) is 18.0 Å². The fourth-order valence-electron chi connectivity index (χ4n) is 2.53. The Balaban J connectivity index is 0.000000534. The molecular weight excluding hydrogens is 508 g/mol. The standard InChI is InChI=1S/C15H16BrFN6O3.C2HF3O/c16-10-6-9(3-4-11(10)17)19-13(21-25)12-14(23-26-22-12)20-15(24)8-2-1-5-18-7-8;3-2(4,5)1-6/h3-4,6,8,18,25H,1-2,5,7H2,(H,19,21)(H,20,23,24);1H. The van der Waals surface area contributed by atoms with Gasteiger partial charge in [-0.1, -0.05) is 0 Å². The molecule has 1 aromatic heterocycles. The van der Waals surface area contributed by atoms with E-state index in [-0.39, 0.29) is 33.6 Å². The predicted octanol–water partition coefficient (Wildman–Crippen LogP) is 2.71. The summed E-state index contributed by atoms with van der Waals surface area (Å²) in [5.41, 5.74) is 2.25. The first-order chi connectivity index (χ1) is 15.1. The zero-order chi connectivity index (χ0) is 23.7. The van der Waals surface area contributed by atoms with E-state index in [1.165, 1.54) is 18.2 Å². The minimum absolute atomic E-state index is 0.0186. The maximum Gasteiger partial charge on any atom is 0.446 e. The first-order valence-electron chi connectivity index (χ1n) is 8.96. The zero-order valence-corrected chi connectivity index (χ0v) is 17.7. The minimum atomic E-state index is -4.64. The van der Waals surface area contributed by atoms with E-state index in [0.717, 1.165) is 19.4 Å². The van der Waals surface area contributed by atoms with Crippen LogP contribution in [0, 0.1) is 11.7 Å². The van der Waals surface area contributed by atoms with Crippen LogP contribution in [-0.4, -0.2) is 52.8 Å². The smallest absolute Gasteiger partial charge is 0.316 e. The number of nitrogens with one attached hydrogen (secondary N) is 3. The van der Waals surface area contributed by atoms with Crippen molar-refractivity contribution in [1.82, 2.24) is 21.1 Å². The highest BCUT2D eigenvalue weighted by Crippen LogP contribution is 2.23. The number of halogens is 5. The number of rotatable bonds is 4. The lowest BCUT2D eigenvalue weighted by atomic mass is 9.99. The molecule has 3 rings (SSSR count). The molecule has 0 bridgehead atoms. The van der Waals surface area contributed by atoms with Crippen LogP contribution in [0.3, 0.4) is 0 Å². The molecule has 1 aliphatic rings. The highest BCUT2D eigenvalue weighted by molar-refractivity contribution is 9.10. The summed E-state index contributed by atoms with van der Waals surface area (Å²) in [6.07, 6.45) is -4.03. The van der Waals surface area contributed by atoms with Crippen molar-refractivity contribution in [2.45, 2.75) is 19.0 Å². The number of alkyl halides is 3. The van der Waals surface area contributed by atoms with E-state index < -0.39 is 18.3 Å². The number of hydroxylamine groups is 1. The lowest BCUT2D eigenvalue weighted by Gasteiger charge is -2.21. The summed E-state index contributed by atoms with van der Waals surface area (Å²) in [7, 11) is 0. The normalized spacial score (nSPS) is 16.6. The van der Waals surface area contributed by atoms with Gasteiger partial charge in [0.1, 0.15) is 5.82 Å². The Morgan fingerprint density at radius 3 is 2.66 bits per heavy atom. The summed E-state index contributed by atoms with van der Waals surface area (Å²) < 4.78 is 49.5. The summed E-state index contributed by atoms with van der Waals surface area (Å²) in [5.74, 6) is -0.941. The average Bonchev–Trinajstić information content (AvgIpc) is 3.23. The van der Waals surface area contributed by atoms with Crippen molar-refractivity contribution >= 4 is 45.5 Å². The van der Waals surface area contributed by atoms with Crippen LogP contribution < -0.4 is 16.1 Å². The fraction of sp³-hybridized carbons (Fsp3) is 0.353. The van der Waals surface area contributed by atoms with Gasteiger partial charge in [-0.25, -0.2) is 14.0 Å². The van der Waals surface area contributed by atoms with Crippen molar-refractivity contribution in [1.29, 1.82) is 0 Å². The summed E-state index contributed by atoms with van der Waals surface area (Å²) >= 11 is 3.06. The van der Waals surface area contributed by atoms with E-state index in [9.17, 15) is 27.6 Å². The topological polar surface area (TPSA) is 142 Å². The number of amidine groups is 1. The van der Waals surface area contributed by atoms with E-state index in [1.54, 1.807) is 0 Å². The predicted molar refractivity (Wildman–Crippen MR) is 106 cm³/mol. The molecule has 2 heterocycles. The van der Waals surface area contributed by atoms with E-state index in [0.29, 0.717) is 12.2 Å². The molecule has 0 spiro atoms. The average molecular weight is 525 g/mol. The molecule has 1 atom stereocenters. The third-order valence-corrected chi connectivity index (χ3v) is 4.61. The Bertz CT molecular complexity index is 963. The molecule has 0 radical (unpaired) electrons. The fourth-order valence-corrected chi connectivity index (χ4v) is 2.90. The maximum absolute atomic E-state index is 13.3. The summed E-state index contributed by atoms with van der Waals surface area (Å²) in [5, 5.41) is 22.5. The lowest BCUT2D eigenvalue weighted by Crippen LogP contribution is -2.37. The molecule has 0 aliphatic carbocycles. The monoisotopic (exact) mass is 524 g/mol. The number of amides is 1. The third kappa shape index (κ3) is 7.65. The van der Waals surface area contributed by atoms with E-state index >= 15 is 0 Å². The summed E-state index contributed by atoms with van der Waals surface area (Å²) in [6.45, 7) is 1.47. The van der Waals surface area contributed by atoms with Crippen molar-refractivity contribution in [3.8, 4) is 0 Å². The van der Waals surface area contributed by atoms with Gasteiger partial charge < -0.3 is 10.6 Å². The molecule has 1 unspecified atom stereocenters. The number of carbonyl (C=O) groups is 2. The maximum atomic E-state index is 13.3. The highest BCUT2D eigenvalue weighted by Gasteiger charge is 2.25. The van der Waals surface area contributed by atoms with Crippen molar-refractivity contribution in [2.24, 2.45) is 10.9 Å². The summed E-state index contributed by atoms with van der Waals surface area (Å²) in [4.78, 5) is 25.2. The van der Waals surface area contributed by atoms with Crippen LogP contribution >= 0.6 is 15.9 Å². The largest absolute Gasteiger partial charge is 0.446 e. The number of hydrogen-bond acceptors (Lipinski definition) is 8. The van der Waals surface area contributed by atoms with E-state index in [4.69, 9.17) is 4.79 Å². The second kappa shape index (κ2) is 11.6.